The van der Waals surface area contributed by atoms with E-state index in [-0.39, 0.29) is 0 Å². The first-order valence-corrected chi connectivity index (χ1v) is 5.56. The van der Waals surface area contributed by atoms with Crippen LogP contribution in [0.2, 0.25) is 0 Å². The number of ether oxygens (including phenoxy) is 3. The largest absolute Gasteiger partial charge is 0.474 e. The van der Waals surface area contributed by atoms with E-state index >= 15 is 0 Å². The number of methoxy groups -OCH3 is 1. The molecule has 0 spiro atoms. The molecule has 6 nitrogen and oxygen atoms in total. The maximum Gasteiger partial charge on any atom is 0.234 e. The number of rotatable bonds is 9. The van der Waals surface area contributed by atoms with Crippen LogP contribution in [0.5, 0.6) is 5.88 Å². The van der Waals surface area contributed by atoms with Gasteiger partial charge in [0.25, 0.3) is 0 Å². The molecule has 1 aromatic rings. The molecule has 0 unspecified atom stereocenters. The quantitative estimate of drug-likeness (QED) is 0.649. The maximum atomic E-state index is 5.39. The average Bonchev–Trinajstić information content (AvgIpc) is 2.38. The molecular weight excluding hydrogens is 222 g/mol. The summed E-state index contributed by atoms with van der Waals surface area (Å²) in [5.41, 5.74) is 0. The highest BCUT2D eigenvalue weighted by atomic mass is 16.5. The Morgan fingerprint density at radius 2 is 2.06 bits per heavy atom. The van der Waals surface area contributed by atoms with Crippen LogP contribution >= 0.6 is 0 Å². The molecular formula is C11H19N3O3. The van der Waals surface area contributed by atoms with E-state index in [2.05, 4.69) is 15.3 Å². The van der Waals surface area contributed by atoms with Gasteiger partial charge in [0, 0.05) is 27.4 Å². The second-order valence-corrected chi connectivity index (χ2v) is 3.30. The second kappa shape index (κ2) is 8.72. The topological polar surface area (TPSA) is 65.5 Å². The molecule has 6 heteroatoms. The van der Waals surface area contributed by atoms with Crippen LogP contribution in [-0.4, -0.2) is 50.6 Å². The van der Waals surface area contributed by atoms with Gasteiger partial charge < -0.3 is 19.5 Å². The zero-order valence-corrected chi connectivity index (χ0v) is 10.3. The van der Waals surface area contributed by atoms with Crippen molar-refractivity contribution >= 4 is 5.82 Å². The number of nitrogens with one attached hydrogen (secondary N) is 1. The van der Waals surface area contributed by atoms with Crippen molar-refractivity contribution in [3.8, 4) is 5.88 Å². The molecule has 1 N–H and O–H groups in total. The lowest BCUT2D eigenvalue weighted by atomic mass is 10.5. The Bertz CT molecular complexity index is 310. The molecule has 0 radical (unpaired) electrons. The fourth-order valence-electron chi connectivity index (χ4n) is 1.15. The van der Waals surface area contributed by atoms with Crippen LogP contribution in [-0.2, 0) is 9.47 Å². The average molecular weight is 241 g/mol. The summed E-state index contributed by atoms with van der Waals surface area (Å²) in [6.45, 7) is 2.40. The lowest BCUT2D eigenvalue weighted by Crippen LogP contribution is -2.09. The van der Waals surface area contributed by atoms with E-state index in [0.717, 1.165) is 13.0 Å². The fraction of sp³-hybridized carbons (Fsp3) is 0.636. The molecule has 96 valence electrons. The molecule has 0 aliphatic carbocycles. The van der Waals surface area contributed by atoms with Gasteiger partial charge in [-0.1, -0.05) is 0 Å². The Labute approximate surface area is 101 Å². The first kappa shape index (κ1) is 13.7. The van der Waals surface area contributed by atoms with Gasteiger partial charge in [-0.05, 0) is 6.42 Å². The van der Waals surface area contributed by atoms with Crippen molar-refractivity contribution in [1.82, 2.24) is 9.97 Å². The highest BCUT2D eigenvalue weighted by Gasteiger charge is 1.97. The first-order valence-electron chi connectivity index (χ1n) is 5.56. The Hall–Kier alpha value is -1.40. The summed E-state index contributed by atoms with van der Waals surface area (Å²) in [5.74, 6) is 1.18. The number of nitrogens with zero attached hydrogens (tertiary/aromatic N) is 2. The molecule has 0 fully saturated rings. The molecule has 0 aliphatic rings. The van der Waals surface area contributed by atoms with Crippen LogP contribution < -0.4 is 10.1 Å². The van der Waals surface area contributed by atoms with Crippen LogP contribution in [0, 0.1) is 0 Å². The van der Waals surface area contributed by atoms with Crippen molar-refractivity contribution in [3.63, 3.8) is 0 Å². The smallest absolute Gasteiger partial charge is 0.234 e. The number of hydrogen-bond donors (Lipinski definition) is 1. The summed E-state index contributed by atoms with van der Waals surface area (Å²) in [6.07, 6.45) is 4.10. The number of hydrogen-bond acceptors (Lipinski definition) is 6. The Kier molecular flexibility index (Phi) is 7.01. The Balaban J connectivity index is 2.09. The lowest BCUT2D eigenvalue weighted by Gasteiger charge is -2.07. The van der Waals surface area contributed by atoms with E-state index < -0.39 is 0 Å². The van der Waals surface area contributed by atoms with E-state index in [0.29, 0.717) is 31.5 Å². The van der Waals surface area contributed by atoms with Gasteiger partial charge in [0.1, 0.15) is 12.4 Å². The summed E-state index contributed by atoms with van der Waals surface area (Å²) in [7, 11) is 3.46. The molecule has 17 heavy (non-hydrogen) atoms. The van der Waals surface area contributed by atoms with E-state index in [4.69, 9.17) is 14.2 Å². The van der Waals surface area contributed by atoms with Crippen LogP contribution in [0.4, 0.5) is 5.82 Å². The van der Waals surface area contributed by atoms with Crippen LogP contribution in [0.1, 0.15) is 6.42 Å². The molecule has 0 saturated carbocycles. The van der Waals surface area contributed by atoms with Gasteiger partial charge in [-0.2, -0.15) is 4.98 Å². The predicted molar refractivity (Wildman–Crippen MR) is 64.4 cm³/mol. The minimum absolute atomic E-state index is 0.467. The molecule has 0 aromatic carbocycles. The van der Waals surface area contributed by atoms with Gasteiger partial charge in [-0.3, -0.25) is 4.98 Å². The van der Waals surface area contributed by atoms with E-state index in [1.165, 1.54) is 0 Å². The van der Waals surface area contributed by atoms with Gasteiger partial charge >= 0.3 is 0 Å². The molecule has 0 aliphatic heterocycles. The summed E-state index contributed by atoms with van der Waals surface area (Å²) in [4.78, 5) is 8.15. The summed E-state index contributed by atoms with van der Waals surface area (Å²) in [5, 5.41) is 2.89. The van der Waals surface area contributed by atoms with Crippen molar-refractivity contribution < 1.29 is 14.2 Å². The van der Waals surface area contributed by atoms with Crippen molar-refractivity contribution in [1.29, 1.82) is 0 Å². The van der Waals surface area contributed by atoms with Gasteiger partial charge in [0.2, 0.25) is 5.88 Å². The lowest BCUT2D eigenvalue weighted by molar-refractivity contribution is 0.0795. The van der Waals surface area contributed by atoms with Crippen molar-refractivity contribution in [2.75, 3.05) is 45.9 Å². The third-order valence-corrected chi connectivity index (χ3v) is 1.98. The molecule has 0 saturated heterocycles. The SMILES string of the molecule is CNc1cncc(OCCOCCCOC)n1. The van der Waals surface area contributed by atoms with Gasteiger partial charge in [0.05, 0.1) is 19.0 Å². The minimum Gasteiger partial charge on any atom is -0.474 e. The van der Waals surface area contributed by atoms with Crippen molar-refractivity contribution in [2.24, 2.45) is 0 Å². The van der Waals surface area contributed by atoms with E-state index in [1.807, 2.05) is 0 Å². The van der Waals surface area contributed by atoms with Gasteiger partial charge in [-0.25, -0.2) is 0 Å². The van der Waals surface area contributed by atoms with Crippen LogP contribution in [0.15, 0.2) is 12.4 Å². The molecule has 0 amide bonds. The molecule has 1 rings (SSSR count). The van der Waals surface area contributed by atoms with Crippen molar-refractivity contribution in [3.05, 3.63) is 12.4 Å². The summed E-state index contributed by atoms with van der Waals surface area (Å²) in [6, 6.07) is 0. The summed E-state index contributed by atoms with van der Waals surface area (Å²) >= 11 is 0. The van der Waals surface area contributed by atoms with Crippen LogP contribution in [0.3, 0.4) is 0 Å². The highest BCUT2D eigenvalue weighted by Crippen LogP contribution is 2.07. The zero-order valence-electron chi connectivity index (χ0n) is 10.3. The molecule has 0 bridgehead atoms. The maximum absolute atomic E-state index is 5.39. The second-order valence-electron chi connectivity index (χ2n) is 3.30. The van der Waals surface area contributed by atoms with Gasteiger partial charge in [-0.15, -0.1) is 0 Å². The highest BCUT2D eigenvalue weighted by molar-refractivity contribution is 5.31. The number of anilines is 1. The minimum atomic E-state index is 0.467. The van der Waals surface area contributed by atoms with Crippen LogP contribution in [0.25, 0.3) is 0 Å². The third kappa shape index (κ3) is 6.03. The monoisotopic (exact) mass is 241 g/mol. The Morgan fingerprint density at radius 1 is 1.18 bits per heavy atom. The Morgan fingerprint density at radius 3 is 2.82 bits per heavy atom. The predicted octanol–water partition coefficient (Wildman–Crippen LogP) is 0.950. The molecule has 1 heterocycles. The van der Waals surface area contributed by atoms with Crippen molar-refractivity contribution in [2.45, 2.75) is 6.42 Å². The molecule has 1 aromatic heterocycles. The fourth-order valence-corrected chi connectivity index (χ4v) is 1.15. The number of aromatic nitrogens is 2. The van der Waals surface area contributed by atoms with Gasteiger partial charge in [0.15, 0.2) is 0 Å². The first-order chi connectivity index (χ1) is 8.36. The summed E-state index contributed by atoms with van der Waals surface area (Å²) < 4.78 is 15.6. The molecule has 0 atom stereocenters. The normalized spacial score (nSPS) is 10.2. The van der Waals surface area contributed by atoms with E-state index in [9.17, 15) is 0 Å². The van der Waals surface area contributed by atoms with E-state index in [1.54, 1.807) is 26.6 Å². The zero-order chi connectivity index (χ0) is 12.3. The third-order valence-electron chi connectivity index (χ3n) is 1.98. The standard InChI is InChI=1S/C11H19N3O3/c1-12-10-8-13-9-11(14-10)17-7-6-16-5-3-4-15-2/h8-9H,3-7H2,1-2H3,(H,12,14).